The van der Waals surface area contributed by atoms with Crippen LogP contribution in [0.3, 0.4) is 0 Å². The number of hydrogen-bond acceptors (Lipinski definition) is 2. The Bertz CT molecular complexity index is 36.5. The van der Waals surface area contributed by atoms with E-state index in [2.05, 4.69) is 18.0 Å². The summed E-state index contributed by atoms with van der Waals surface area (Å²) in [5.41, 5.74) is 0. The van der Waals surface area contributed by atoms with Crippen molar-refractivity contribution in [1.82, 2.24) is 0 Å². The largest absolute Gasteiger partial charge is 0.232 e. The zero-order valence-corrected chi connectivity index (χ0v) is 4.79. The van der Waals surface area contributed by atoms with Gasteiger partial charge in [0.1, 0.15) is 0 Å². The maximum atomic E-state index is 3.59. The molecule has 0 rings (SSSR count). The molecule has 0 aliphatic heterocycles. The van der Waals surface area contributed by atoms with E-state index in [-0.39, 0.29) is 0 Å². The summed E-state index contributed by atoms with van der Waals surface area (Å²) in [7, 11) is 0. The fraction of sp³-hybridized carbons (Fsp3) is 0.750. The van der Waals surface area contributed by atoms with E-state index >= 15 is 0 Å². The van der Waals surface area contributed by atoms with Gasteiger partial charge in [0, 0.05) is 5.75 Å². The van der Waals surface area contributed by atoms with Crippen LogP contribution in [0, 0.1) is 0 Å². The van der Waals surface area contributed by atoms with Gasteiger partial charge in [0.15, 0.2) is 0 Å². The molecule has 0 amide bonds. The predicted molar refractivity (Wildman–Crippen MR) is 32.3 cm³/mol. The van der Waals surface area contributed by atoms with E-state index in [4.69, 9.17) is 0 Å². The van der Waals surface area contributed by atoms with E-state index in [0.717, 1.165) is 5.75 Å². The Labute approximate surface area is 43.0 Å². The normalized spacial score (nSPS) is 8.17. The Morgan fingerprint density at radius 2 is 2.50 bits per heavy atom. The molecule has 0 atom stereocenters. The summed E-state index contributed by atoms with van der Waals surface area (Å²) in [6, 6.07) is 0. The lowest BCUT2D eigenvalue weighted by molar-refractivity contribution is 1.11. The second-order valence-electron chi connectivity index (χ2n) is 0.962. The Kier molecular flexibility index (Phi) is 5.04. The SMILES string of the molecule is C=NSCCC. The summed E-state index contributed by atoms with van der Waals surface area (Å²) in [6.45, 7) is 5.43. The van der Waals surface area contributed by atoms with Crippen LogP contribution in [0.5, 0.6) is 0 Å². The highest BCUT2D eigenvalue weighted by atomic mass is 32.2. The minimum absolute atomic E-state index is 1.10. The van der Waals surface area contributed by atoms with Crippen molar-refractivity contribution in [2.75, 3.05) is 5.75 Å². The Morgan fingerprint density at radius 1 is 1.83 bits per heavy atom. The highest BCUT2D eigenvalue weighted by Gasteiger charge is 1.72. The Hall–Kier alpha value is 0.0200. The molecule has 6 heavy (non-hydrogen) atoms. The summed E-state index contributed by atoms with van der Waals surface area (Å²) in [6.07, 6.45) is 1.18. The van der Waals surface area contributed by atoms with Crippen molar-refractivity contribution in [3.8, 4) is 0 Å². The average Bonchev–Trinajstić information content (AvgIpc) is 1.61. The third-order valence-electron chi connectivity index (χ3n) is 0.387. The molecule has 0 aromatic rings. The van der Waals surface area contributed by atoms with Gasteiger partial charge in [0.05, 0.1) is 0 Å². The number of nitrogens with zero attached hydrogens (tertiary/aromatic N) is 1. The highest BCUT2D eigenvalue weighted by Crippen LogP contribution is 1.99. The first-order valence-corrected chi connectivity index (χ1v) is 2.94. The summed E-state index contributed by atoms with van der Waals surface area (Å²) < 4.78 is 3.59. The lowest BCUT2D eigenvalue weighted by Gasteiger charge is -1.81. The van der Waals surface area contributed by atoms with Crippen LogP contribution in [-0.2, 0) is 0 Å². The van der Waals surface area contributed by atoms with Gasteiger partial charge in [-0.05, 0) is 25.1 Å². The van der Waals surface area contributed by atoms with Crippen molar-refractivity contribution in [3.63, 3.8) is 0 Å². The van der Waals surface area contributed by atoms with Gasteiger partial charge in [-0.3, -0.25) is 0 Å². The third-order valence-corrected chi connectivity index (χ3v) is 1.16. The molecule has 0 fully saturated rings. The molecule has 0 aromatic heterocycles. The Balaban J connectivity index is 2.49. The summed E-state index contributed by atoms with van der Waals surface area (Å²) in [5, 5.41) is 0. The summed E-state index contributed by atoms with van der Waals surface area (Å²) in [4.78, 5) is 0. The first-order chi connectivity index (χ1) is 2.91. The van der Waals surface area contributed by atoms with Gasteiger partial charge in [-0.15, -0.1) is 0 Å². The van der Waals surface area contributed by atoms with Crippen molar-refractivity contribution >= 4 is 18.7 Å². The minimum Gasteiger partial charge on any atom is -0.232 e. The van der Waals surface area contributed by atoms with Crippen LogP contribution in [0.25, 0.3) is 0 Å². The standard InChI is InChI=1S/C4H9NS/c1-3-4-6-5-2/h2-4H2,1H3. The van der Waals surface area contributed by atoms with E-state index in [1.807, 2.05) is 0 Å². The zero-order valence-electron chi connectivity index (χ0n) is 3.98. The monoisotopic (exact) mass is 103 g/mol. The molecule has 2 heteroatoms. The first-order valence-electron chi connectivity index (χ1n) is 1.99. The van der Waals surface area contributed by atoms with Crippen LogP contribution in [0.2, 0.25) is 0 Å². The highest BCUT2D eigenvalue weighted by molar-refractivity contribution is 7.98. The lowest BCUT2D eigenvalue weighted by Crippen LogP contribution is -1.64. The molecular weight excluding hydrogens is 94.1 g/mol. The van der Waals surface area contributed by atoms with Gasteiger partial charge >= 0.3 is 0 Å². The molecule has 0 aliphatic rings. The first kappa shape index (κ1) is 6.02. The van der Waals surface area contributed by atoms with Crippen LogP contribution >= 0.6 is 11.9 Å². The molecule has 0 aromatic carbocycles. The van der Waals surface area contributed by atoms with E-state index in [9.17, 15) is 0 Å². The van der Waals surface area contributed by atoms with Crippen LogP contribution in [0.15, 0.2) is 4.40 Å². The molecule has 0 saturated heterocycles. The molecule has 1 nitrogen and oxygen atoms in total. The summed E-state index contributed by atoms with van der Waals surface area (Å²) >= 11 is 1.52. The minimum atomic E-state index is 1.10. The topological polar surface area (TPSA) is 12.4 Å². The molecule has 36 valence electrons. The molecule has 0 unspecified atom stereocenters. The van der Waals surface area contributed by atoms with Crippen LogP contribution in [-0.4, -0.2) is 12.5 Å². The van der Waals surface area contributed by atoms with Gasteiger partial charge < -0.3 is 0 Å². The number of rotatable bonds is 3. The molecule has 0 spiro atoms. The zero-order chi connectivity index (χ0) is 4.83. The fourth-order valence-electron chi connectivity index (χ4n) is 0.156. The van der Waals surface area contributed by atoms with E-state index in [1.165, 1.54) is 18.4 Å². The predicted octanol–water partition coefficient (Wildman–Crippen LogP) is 1.75. The van der Waals surface area contributed by atoms with Gasteiger partial charge in [-0.2, -0.15) is 0 Å². The van der Waals surface area contributed by atoms with Crippen LogP contribution in [0.4, 0.5) is 0 Å². The van der Waals surface area contributed by atoms with Crippen molar-refractivity contribution in [2.45, 2.75) is 13.3 Å². The van der Waals surface area contributed by atoms with E-state index in [0.29, 0.717) is 0 Å². The Morgan fingerprint density at radius 3 is 2.67 bits per heavy atom. The molecule has 0 bridgehead atoms. The molecular formula is C4H9NS. The van der Waals surface area contributed by atoms with E-state index in [1.54, 1.807) is 0 Å². The maximum absolute atomic E-state index is 3.59. The molecule has 0 N–H and O–H groups in total. The van der Waals surface area contributed by atoms with Crippen molar-refractivity contribution in [2.24, 2.45) is 4.40 Å². The molecule has 0 saturated carbocycles. The maximum Gasteiger partial charge on any atom is 0.0150 e. The van der Waals surface area contributed by atoms with Gasteiger partial charge in [0.25, 0.3) is 0 Å². The smallest absolute Gasteiger partial charge is 0.0150 e. The van der Waals surface area contributed by atoms with E-state index < -0.39 is 0 Å². The third kappa shape index (κ3) is 4.02. The van der Waals surface area contributed by atoms with Crippen molar-refractivity contribution in [1.29, 1.82) is 0 Å². The quantitative estimate of drug-likeness (QED) is 0.301. The van der Waals surface area contributed by atoms with Gasteiger partial charge in [0.2, 0.25) is 0 Å². The lowest BCUT2D eigenvalue weighted by atomic mass is 10.6. The fourth-order valence-corrected chi connectivity index (χ4v) is 0.468. The average molecular weight is 103 g/mol. The second-order valence-corrected chi connectivity index (χ2v) is 1.89. The molecule has 0 radical (unpaired) electrons. The summed E-state index contributed by atoms with van der Waals surface area (Å²) in [5.74, 6) is 1.10. The van der Waals surface area contributed by atoms with Gasteiger partial charge in [-0.25, -0.2) is 4.40 Å². The molecule has 0 heterocycles. The van der Waals surface area contributed by atoms with Crippen molar-refractivity contribution < 1.29 is 0 Å². The van der Waals surface area contributed by atoms with Crippen LogP contribution in [0.1, 0.15) is 13.3 Å². The van der Waals surface area contributed by atoms with Gasteiger partial charge in [-0.1, -0.05) is 6.92 Å². The van der Waals surface area contributed by atoms with Crippen molar-refractivity contribution in [3.05, 3.63) is 0 Å². The molecule has 0 aliphatic carbocycles. The second kappa shape index (κ2) is 5.02. The number of hydrogen-bond donors (Lipinski definition) is 0. The van der Waals surface area contributed by atoms with Crippen LogP contribution < -0.4 is 0 Å².